The highest BCUT2D eigenvalue weighted by Gasteiger charge is 2.16. The number of non-ortho nitro benzene ring substituents is 1. The van der Waals surface area contributed by atoms with Crippen molar-refractivity contribution in [1.29, 1.82) is 0 Å². The van der Waals surface area contributed by atoms with Crippen LogP contribution in [0.3, 0.4) is 0 Å². The fourth-order valence-electron chi connectivity index (χ4n) is 2.40. The molecule has 1 saturated heterocycles. The minimum absolute atomic E-state index is 0.0595. The van der Waals surface area contributed by atoms with Crippen LogP contribution in [0.2, 0.25) is 0 Å². The molecule has 1 aromatic heterocycles. The van der Waals surface area contributed by atoms with Crippen LogP contribution < -0.4 is 4.90 Å². The average Bonchev–Trinajstić information content (AvgIpc) is 2.56. The number of ether oxygens (including phenoxy) is 1. The number of hydrogen-bond acceptors (Lipinski definition) is 6. The van der Waals surface area contributed by atoms with Gasteiger partial charge in [0.05, 0.1) is 18.1 Å². The van der Waals surface area contributed by atoms with E-state index in [9.17, 15) is 10.1 Å². The van der Waals surface area contributed by atoms with Crippen molar-refractivity contribution in [2.24, 2.45) is 0 Å². The van der Waals surface area contributed by atoms with Crippen LogP contribution in [0.25, 0.3) is 11.4 Å². The highest BCUT2D eigenvalue weighted by molar-refractivity contribution is 5.60. The van der Waals surface area contributed by atoms with Gasteiger partial charge in [-0.1, -0.05) is 0 Å². The highest BCUT2D eigenvalue weighted by Crippen LogP contribution is 2.24. The second kappa shape index (κ2) is 6.07. The molecule has 0 aliphatic carbocycles. The first-order chi connectivity index (χ1) is 10.6. The highest BCUT2D eigenvalue weighted by atomic mass is 16.6. The Morgan fingerprint density at radius 2 is 1.91 bits per heavy atom. The molecule has 1 aliphatic rings. The predicted molar refractivity (Wildman–Crippen MR) is 81.9 cm³/mol. The van der Waals surface area contributed by atoms with Gasteiger partial charge in [0.25, 0.3) is 5.69 Å². The molecule has 0 N–H and O–H groups in total. The predicted octanol–water partition coefficient (Wildman–Crippen LogP) is 2.20. The summed E-state index contributed by atoms with van der Waals surface area (Å²) in [5.74, 6) is 1.47. The standard InChI is InChI=1S/C15H16N4O3/c1-11-10-16-14(12-2-4-13(5-3-12)19(20)21)17-15(11)18-6-8-22-9-7-18/h2-5,10H,6-9H2,1H3. The third-order valence-electron chi connectivity index (χ3n) is 3.59. The third kappa shape index (κ3) is 2.89. The quantitative estimate of drug-likeness (QED) is 0.638. The van der Waals surface area contributed by atoms with Crippen molar-refractivity contribution in [3.63, 3.8) is 0 Å². The number of morpholine rings is 1. The molecule has 0 amide bonds. The van der Waals surface area contributed by atoms with Gasteiger partial charge in [0, 0.05) is 42.5 Å². The lowest BCUT2D eigenvalue weighted by atomic mass is 10.2. The minimum Gasteiger partial charge on any atom is -0.378 e. The summed E-state index contributed by atoms with van der Waals surface area (Å²) in [6.07, 6.45) is 1.79. The molecule has 3 rings (SSSR count). The van der Waals surface area contributed by atoms with Crippen LogP contribution in [0.1, 0.15) is 5.56 Å². The maximum Gasteiger partial charge on any atom is 0.269 e. The maximum absolute atomic E-state index is 10.7. The van der Waals surface area contributed by atoms with Crippen molar-refractivity contribution in [2.45, 2.75) is 6.92 Å². The first-order valence-corrected chi connectivity index (χ1v) is 7.06. The van der Waals surface area contributed by atoms with Gasteiger partial charge in [0.2, 0.25) is 0 Å². The molecule has 2 heterocycles. The third-order valence-corrected chi connectivity index (χ3v) is 3.59. The van der Waals surface area contributed by atoms with Crippen LogP contribution in [-0.2, 0) is 4.74 Å². The summed E-state index contributed by atoms with van der Waals surface area (Å²) >= 11 is 0. The number of aromatic nitrogens is 2. The van der Waals surface area contributed by atoms with E-state index >= 15 is 0 Å². The Balaban J connectivity index is 1.92. The summed E-state index contributed by atoms with van der Waals surface area (Å²) in [5, 5.41) is 10.7. The van der Waals surface area contributed by atoms with Crippen LogP contribution in [0, 0.1) is 17.0 Å². The van der Waals surface area contributed by atoms with E-state index in [4.69, 9.17) is 4.74 Å². The normalized spacial score (nSPS) is 14.9. The number of nitro benzene ring substituents is 1. The molecule has 0 bridgehead atoms. The first-order valence-electron chi connectivity index (χ1n) is 7.06. The summed E-state index contributed by atoms with van der Waals surface area (Å²) in [6.45, 7) is 4.96. The largest absolute Gasteiger partial charge is 0.378 e. The summed E-state index contributed by atoms with van der Waals surface area (Å²) in [5.41, 5.74) is 1.83. The Labute approximate surface area is 127 Å². The molecular formula is C15H16N4O3. The number of anilines is 1. The maximum atomic E-state index is 10.7. The van der Waals surface area contributed by atoms with Crippen molar-refractivity contribution < 1.29 is 9.66 Å². The lowest BCUT2D eigenvalue weighted by Gasteiger charge is -2.29. The Bertz CT molecular complexity index is 682. The fraction of sp³-hybridized carbons (Fsp3) is 0.333. The van der Waals surface area contributed by atoms with Crippen molar-refractivity contribution in [3.8, 4) is 11.4 Å². The lowest BCUT2D eigenvalue weighted by molar-refractivity contribution is -0.384. The summed E-state index contributed by atoms with van der Waals surface area (Å²) < 4.78 is 5.36. The number of hydrogen-bond donors (Lipinski definition) is 0. The molecule has 1 fully saturated rings. The van der Waals surface area contributed by atoms with Crippen LogP contribution >= 0.6 is 0 Å². The number of nitrogens with zero attached hydrogens (tertiary/aromatic N) is 4. The SMILES string of the molecule is Cc1cnc(-c2ccc([N+](=O)[O-])cc2)nc1N1CCOCC1. The fourth-order valence-corrected chi connectivity index (χ4v) is 2.40. The molecule has 0 spiro atoms. The smallest absolute Gasteiger partial charge is 0.269 e. The zero-order valence-corrected chi connectivity index (χ0v) is 12.2. The molecule has 0 radical (unpaired) electrons. The van der Waals surface area contributed by atoms with E-state index in [1.54, 1.807) is 18.3 Å². The van der Waals surface area contributed by atoms with Gasteiger partial charge in [0.15, 0.2) is 5.82 Å². The molecule has 7 heteroatoms. The summed E-state index contributed by atoms with van der Waals surface area (Å²) in [6, 6.07) is 6.28. The minimum atomic E-state index is -0.418. The molecular weight excluding hydrogens is 284 g/mol. The molecule has 1 aromatic carbocycles. The van der Waals surface area contributed by atoms with Crippen molar-refractivity contribution in [1.82, 2.24) is 9.97 Å². The van der Waals surface area contributed by atoms with Gasteiger partial charge in [-0.05, 0) is 19.1 Å². The van der Waals surface area contributed by atoms with Crippen LogP contribution in [-0.4, -0.2) is 41.2 Å². The van der Waals surface area contributed by atoms with Gasteiger partial charge in [-0.15, -0.1) is 0 Å². The number of benzene rings is 1. The van der Waals surface area contributed by atoms with E-state index < -0.39 is 4.92 Å². The average molecular weight is 300 g/mol. The van der Waals surface area contributed by atoms with Gasteiger partial charge >= 0.3 is 0 Å². The van der Waals surface area contributed by atoms with E-state index in [1.807, 2.05) is 6.92 Å². The molecule has 1 aliphatic heterocycles. The lowest BCUT2D eigenvalue weighted by Crippen LogP contribution is -2.37. The molecule has 22 heavy (non-hydrogen) atoms. The van der Waals surface area contributed by atoms with Gasteiger partial charge in [-0.25, -0.2) is 9.97 Å². The van der Waals surface area contributed by atoms with E-state index in [0.717, 1.165) is 30.0 Å². The van der Waals surface area contributed by atoms with Gasteiger partial charge in [-0.2, -0.15) is 0 Å². The molecule has 0 atom stereocenters. The van der Waals surface area contributed by atoms with E-state index in [-0.39, 0.29) is 5.69 Å². The zero-order chi connectivity index (χ0) is 15.5. The van der Waals surface area contributed by atoms with Crippen molar-refractivity contribution in [2.75, 3.05) is 31.2 Å². The zero-order valence-electron chi connectivity index (χ0n) is 12.2. The van der Waals surface area contributed by atoms with E-state index in [1.165, 1.54) is 12.1 Å². The van der Waals surface area contributed by atoms with Crippen molar-refractivity contribution >= 4 is 11.5 Å². The van der Waals surface area contributed by atoms with E-state index in [2.05, 4.69) is 14.9 Å². The van der Waals surface area contributed by atoms with Crippen LogP contribution in [0.15, 0.2) is 30.5 Å². The molecule has 0 unspecified atom stereocenters. The Morgan fingerprint density at radius 3 is 2.55 bits per heavy atom. The van der Waals surface area contributed by atoms with Crippen LogP contribution in [0.4, 0.5) is 11.5 Å². The Kier molecular flexibility index (Phi) is 3.97. The first kappa shape index (κ1) is 14.4. The van der Waals surface area contributed by atoms with Crippen LogP contribution in [0.5, 0.6) is 0 Å². The Hall–Kier alpha value is -2.54. The van der Waals surface area contributed by atoms with Gasteiger partial charge in [0.1, 0.15) is 5.82 Å². The van der Waals surface area contributed by atoms with Gasteiger partial charge < -0.3 is 9.64 Å². The summed E-state index contributed by atoms with van der Waals surface area (Å²) in [7, 11) is 0. The van der Waals surface area contributed by atoms with Crippen molar-refractivity contribution in [3.05, 3.63) is 46.1 Å². The number of aryl methyl sites for hydroxylation is 1. The topological polar surface area (TPSA) is 81.4 Å². The Morgan fingerprint density at radius 1 is 1.23 bits per heavy atom. The molecule has 7 nitrogen and oxygen atoms in total. The number of nitro groups is 1. The second-order valence-electron chi connectivity index (χ2n) is 5.10. The number of rotatable bonds is 3. The molecule has 2 aromatic rings. The second-order valence-corrected chi connectivity index (χ2v) is 5.10. The summed E-state index contributed by atoms with van der Waals surface area (Å²) in [4.78, 5) is 21.4. The van der Waals surface area contributed by atoms with Gasteiger partial charge in [-0.3, -0.25) is 10.1 Å². The molecule has 0 saturated carbocycles. The van der Waals surface area contributed by atoms with E-state index in [0.29, 0.717) is 19.0 Å². The monoisotopic (exact) mass is 300 g/mol. The molecule has 114 valence electrons.